The Morgan fingerprint density at radius 3 is 2.44 bits per heavy atom. The van der Waals surface area contributed by atoms with Gasteiger partial charge in [0.1, 0.15) is 11.5 Å². The van der Waals surface area contributed by atoms with Gasteiger partial charge in [-0.05, 0) is 60.7 Å². The summed E-state index contributed by atoms with van der Waals surface area (Å²) in [6.07, 6.45) is 2.92. The molecule has 3 aromatic carbocycles. The van der Waals surface area contributed by atoms with E-state index in [1.54, 1.807) is 5.57 Å². The first-order valence-corrected chi connectivity index (χ1v) is 12.9. The van der Waals surface area contributed by atoms with Crippen molar-refractivity contribution in [3.63, 3.8) is 0 Å². The molecule has 1 aliphatic heterocycles. The first kappa shape index (κ1) is 24.1. The predicted molar refractivity (Wildman–Crippen MR) is 146 cm³/mol. The first-order chi connectivity index (χ1) is 17.7. The van der Waals surface area contributed by atoms with E-state index in [0.717, 1.165) is 55.2 Å². The molecule has 184 valence electrons. The van der Waals surface area contributed by atoms with Crippen LogP contribution in [0.1, 0.15) is 42.3 Å². The van der Waals surface area contributed by atoms with Crippen LogP contribution in [0.25, 0.3) is 17.0 Å². The van der Waals surface area contributed by atoms with Gasteiger partial charge in [0.05, 0.1) is 12.3 Å². The predicted octanol–water partition coefficient (Wildman–Crippen LogP) is 7.34. The van der Waals surface area contributed by atoms with Gasteiger partial charge in [-0.1, -0.05) is 73.2 Å². The molecule has 1 aliphatic rings. The average molecular weight is 479 g/mol. The number of benzene rings is 3. The number of aryl methyl sites for hydroxylation is 1. The van der Waals surface area contributed by atoms with Gasteiger partial charge in [0, 0.05) is 31.6 Å². The summed E-state index contributed by atoms with van der Waals surface area (Å²) < 4.78 is 12.1. The second kappa shape index (κ2) is 11.4. The van der Waals surface area contributed by atoms with Gasteiger partial charge in [0.2, 0.25) is 5.89 Å². The van der Waals surface area contributed by atoms with Gasteiger partial charge in [0.15, 0.2) is 0 Å². The van der Waals surface area contributed by atoms with E-state index in [1.165, 1.54) is 16.7 Å². The third-order valence-corrected chi connectivity index (χ3v) is 6.92. The van der Waals surface area contributed by atoms with E-state index in [-0.39, 0.29) is 0 Å². The molecule has 4 heteroatoms. The van der Waals surface area contributed by atoms with Gasteiger partial charge in [-0.2, -0.15) is 0 Å². The summed E-state index contributed by atoms with van der Waals surface area (Å²) in [5, 5.41) is 0. The highest BCUT2D eigenvalue weighted by molar-refractivity contribution is 5.71. The van der Waals surface area contributed by atoms with Crippen molar-refractivity contribution < 1.29 is 9.15 Å². The number of rotatable bonds is 9. The van der Waals surface area contributed by atoms with Crippen LogP contribution in [0.15, 0.2) is 94.9 Å². The second-order valence-corrected chi connectivity index (χ2v) is 9.40. The Morgan fingerprint density at radius 2 is 1.67 bits per heavy atom. The Morgan fingerprint density at radius 1 is 0.917 bits per heavy atom. The zero-order valence-electron chi connectivity index (χ0n) is 21.2. The minimum atomic E-state index is 0.560. The van der Waals surface area contributed by atoms with Crippen molar-refractivity contribution in [3.8, 4) is 17.2 Å². The van der Waals surface area contributed by atoms with Gasteiger partial charge in [0.25, 0.3) is 0 Å². The highest BCUT2D eigenvalue weighted by Crippen LogP contribution is 2.31. The fourth-order valence-electron chi connectivity index (χ4n) is 4.92. The fraction of sp³-hybridized carbons (Fsp3) is 0.281. The minimum Gasteiger partial charge on any atom is -0.493 e. The summed E-state index contributed by atoms with van der Waals surface area (Å²) in [4.78, 5) is 7.26. The molecule has 0 unspecified atom stereocenters. The van der Waals surface area contributed by atoms with E-state index in [2.05, 4.69) is 60.4 Å². The maximum Gasteiger partial charge on any atom is 0.226 e. The van der Waals surface area contributed by atoms with E-state index >= 15 is 0 Å². The van der Waals surface area contributed by atoms with Gasteiger partial charge in [-0.15, -0.1) is 0 Å². The van der Waals surface area contributed by atoms with Gasteiger partial charge in [-0.25, -0.2) is 4.98 Å². The van der Waals surface area contributed by atoms with E-state index in [1.807, 2.05) is 43.3 Å². The quantitative estimate of drug-likeness (QED) is 0.252. The molecule has 0 saturated carbocycles. The second-order valence-electron chi connectivity index (χ2n) is 9.40. The maximum absolute atomic E-state index is 6.18. The molecule has 4 nitrogen and oxygen atoms in total. The largest absolute Gasteiger partial charge is 0.493 e. The Bertz CT molecular complexity index is 1310. The topological polar surface area (TPSA) is 38.5 Å². The van der Waals surface area contributed by atoms with Crippen molar-refractivity contribution in [2.75, 3.05) is 19.7 Å². The monoisotopic (exact) mass is 478 g/mol. The Labute approximate surface area is 214 Å². The summed E-state index contributed by atoms with van der Waals surface area (Å²) in [7, 11) is 0. The third-order valence-electron chi connectivity index (χ3n) is 6.92. The fourth-order valence-corrected chi connectivity index (χ4v) is 4.92. The van der Waals surface area contributed by atoms with Crippen LogP contribution in [0.2, 0.25) is 0 Å². The maximum atomic E-state index is 6.18. The zero-order valence-corrected chi connectivity index (χ0v) is 21.2. The van der Waals surface area contributed by atoms with Crippen molar-refractivity contribution in [1.82, 2.24) is 9.88 Å². The summed E-state index contributed by atoms with van der Waals surface area (Å²) in [6.45, 7) is 7.87. The summed E-state index contributed by atoms with van der Waals surface area (Å²) in [6, 6.07) is 29.3. The molecular weight excluding hydrogens is 444 g/mol. The average Bonchev–Trinajstić information content (AvgIpc) is 3.30. The van der Waals surface area contributed by atoms with Crippen molar-refractivity contribution >= 4 is 5.57 Å². The third kappa shape index (κ3) is 5.77. The molecule has 5 rings (SSSR count). The summed E-state index contributed by atoms with van der Waals surface area (Å²) in [5.74, 6) is 2.42. The molecule has 2 heterocycles. The molecule has 0 aliphatic carbocycles. The molecule has 0 atom stereocenters. The van der Waals surface area contributed by atoms with Crippen molar-refractivity contribution in [3.05, 3.63) is 113 Å². The number of hydrogen-bond donors (Lipinski definition) is 0. The first-order valence-electron chi connectivity index (χ1n) is 12.9. The van der Waals surface area contributed by atoms with E-state index in [4.69, 9.17) is 14.1 Å². The Hall–Kier alpha value is -3.63. The normalized spacial score (nSPS) is 14.3. The molecule has 0 fully saturated rings. The molecule has 0 bridgehead atoms. The van der Waals surface area contributed by atoms with Gasteiger partial charge >= 0.3 is 0 Å². The number of oxazole rings is 1. The van der Waals surface area contributed by atoms with E-state index in [0.29, 0.717) is 18.9 Å². The molecule has 0 spiro atoms. The summed E-state index contributed by atoms with van der Waals surface area (Å²) >= 11 is 0. The molecule has 0 saturated heterocycles. The van der Waals surface area contributed by atoms with Crippen LogP contribution in [-0.2, 0) is 13.0 Å². The lowest BCUT2D eigenvalue weighted by Crippen LogP contribution is -2.30. The molecule has 36 heavy (non-hydrogen) atoms. The van der Waals surface area contributed by atoms with Crippen LogP contribution in [0.3, 0.4) is 0 Å². The highest BCUT2D eigenvalue weighted by atomic mass is 16.5. The molecule has 4 aromatic rings. The molecule has 0 amide bonds. The standard InChI is InChI=1S/C32H34N2O2/c1-3-26-17-19-34(22-25-11-6-4-7-12-25)23-30(26)28-15-10-16-29(21-28)35-20-18-31-24(2)36-32(33-31)27-13-8-5-9-14-27/h4-16,21H,3,17-20,22-23H2,1-2H3. The van der Waals surface area contributed by atoms with Crippen molar-refractivity contribution in [2.24, 2.45) is 0 Å². The number of nitrogens with zero attached hydrogens (tertiary/aromatic N) is 2. The smallest absolute Gasteiger partial charge is 0.226 e. The Kier molecular flexibility index (Phi) is 7.63. The SMILES string of the molecule is CCC1=C(c2cccc(OCCc3nc(-c4ccccc4)oc3C)c2)CN(Cc2ccccc2)CC1. The van der Waals surface area contributed by atoms with Crippen LogP contribution in [0, 0.1) is 6.92 Å². The van der Waals surface area contributed by atoms with Crippen LogP contribution in [0.5, 0.6) is 5.75 Å². The van der Waals surface area contributed by atoms with E-state index < -0.39 is 0 Å². The highest BCUT2D eigenvalue weighted by Gasteiger charge is 2.20. The molecule has 1 aromatic heterocycles. The van der Waals surface area contributed by atoms with Crippen molar-refractivity contribution in [2.45, 2.75) is 39.7 Å². The van der Waals surface area contributed by atoms with Crippen LogP contribution < -0.4 is 4.74 Å². The lowest BCUT2D eigenvalue weighted by atomic mass is 9.92. The molecule has 0 radical (unpaired) electrons. The van der Waals surface area contributed by atoms with Gasteiger partial charge < -0.3 is 9.15 Å². The van der Waals surface area contributed by atoms with Crippen LogP contribution in [-0.4, -0.2) is 29.6 Å². The van der Waals surface area contributed by atoms with Crippen LogP contribution in [0.4, 0.5) is 0 Å². The molecular formula is C32H34N2O2. The van der Waals surface area contributed by atoms with E-state index in [9.17, 15) is 0 Å². The number of hydrogen-bond acceptors (Lipinski definition) is 4. The minimum absolute atomic E-state index is 0.560. The Balaban J connectivity index is 1.24. The zero-order chi connectivity index (χ0) is 24.7. The molecule has 0 N–H and O–H groups in total. The lowest BCUT2D eigenvalue weighted by molar-refractivity contribution is 0.290. The van der Waals surface area contributed by atoms with Crippen molar-refractivity contribution in [1.29, 1.82) is 0 Å². The van der Waals surface area contributed by atoms with Crippen LogP contribution >= 0.6 is 0 Å². The summed E-state index contributed by atoms with van der Waals surface area (Å²) in [5.41, 5.74) is 7.59. The number of aromatic nitrogens is 1. The van der Waals surface area contributed by atoms with Gasteiger partial charge in [-0.3, -0.25) is 4.90 Å². The number of ether oxygens (including phenoxy) is 1. The lowest BCUT2D eigenvalue weighted by Gasteiger charge is -2.31.